The zero-order valence-corrected chi connectivity index (χ0v) is 13.3. The highest BCUT2D eigenvalue weighted by atomic mass is 32.1. The number of para-hydroxylation sites is 1. The molecule has 0 saturated heterocycles. The molecule has 0 aliphatic heterocycles. The Morgan fingerprint density at radius 1 is 1.12 bits per heavy atom. The van der Waals surface area contributed by atoms with Gasteiger partial charge in [0.2, 0.25) is 0 Å². The van der Waals surface area contributed by atoms with Crippen molar-refractivity contribution in [3.05, 3.63) is 48.2 Å². The summed E-state index contributed by atoms with van der Waals surface area (Å²) in [4.78, 5) is 22.7. The van der Waals surface area contributed by atoms with Crippen molar-refractivity contribution in [3.8, 4) is 22.8 Å². The van der Waals surface area contributed by atoms with E-state index in [9.17, 15) is 4.79 Å². The van der Waals surface area contributed by atoms with Gasteiger partial charge in [-0.15, -0.1) is 11.3 Å². The fraction of sp³-hybridized carbons (Fsp3) is 0.118. The smallest absolute Gasteiger partial charge is 0.257 e. The van der Waals surface area contributed by atoms with E-state index in [4.69, 9.17) is 10.5 Å². The number of nitrogens with zero attached hydrogens (tertiary/aromatic N) is 5. The fourth-order valence-electron chi connectivity index (χ4n) is 2.26. The van der Waals surface area contributed by atoms with Crippen molar-refractivity contribution >= 4 is 27.5 Å². The Hall–Kier alpha value is -3.29. The molecule has 3 rings (SSSR count). The molecule has 1 aromatic carbocycles. The Bertz CT molecular complexity index is 933. The van der Waals surface area contributed by atoms with Gasteiger partial charge in [0.05, 0.1) is 27.9 Å². The third-order valence-electron chi connectivity index (χ3n) is 3.34. The number of pyridine rings is 1. The lowest BCUT2D eigenvalue weighted by Crippen LogP contribution is -2.32. The zero-order chi connectivity index (χ0) is 16.9. The van der Waals surface area contributed by atoms with Gasteiger partial charge in [-0.1, -0.05) is 12.1 Å². The van der Waals surface area contributed by atoms with Crippen LogP contribution in [0.1, 0.15) is 10.4 Å². The molecule has 0 unspecified atom stereocenters. The summed E-state index contributed by atoms with van der Waals surface area (Å²) in [5.74, 6) is -0.402. The molecule has 1 amide bonds. The molecule has 0 atom stereocenters. The SMILES string of the molecule is N#CCN(CC#N)C(=O)c1cccnc1-c1nc2ccccc2s1. The Balaban J connectivity index is 2.06. The molecule has 0 aliphatic rings. The van der Waals surface area contributed by atoms with Crippen molar-refractivity contribution in [1.29, 1.82) is 10.5 Å². The average molecular weight is 333 g/mol. The quantitative estimate of drug-likeness (QED) is 0.684. The van der Waals surface area contributed by atoms with Gasteiger partial charge in [-0.2, -0.15) is 10.5 Å². The summed E-state index contributed by atoms with van der Waals surface area (Å²) in [5.41, 5.74) is 1.64. The lowest BCUT2D eigenvalue weighted by Gasteiger charge is -2.16. The predicted octanol–water partition coefficient (Wildman–Crippen LogP) is 2.85. The van der Waals surface area contributed by atoms with Crippen molar-refractivity contribution in [2.45, 2.75) is 0 Å². The Labute approximate surface area is 142 Å². The van der Waals surface area contributed by atoms with Gasteiger partial charge in [-0.05, 0) is 24.3 Å². The van der Waals surface area contributed by atoms with Crippen LogP contribution in [0.4, 0.5) is 0 Å². The maximum Gasteiger partial charge on any atom is 0.257 e. The second-order valence-corrected chi connectivity index (χ2v) is 5.89. The summed E-state index contributed by atoms with van der Waals surface area (Å²) in [6, 6.07) is 14.8. The topological polar surface area (TPSA) is 93.7 Å². The van der Waals surface area contributed by atoms with Gasteiger partial charge < -0.3 is 4.90 Å². The Morgan fingerprint density at radius 3 is 2.58 bits per heavy atom. The molecule has 0 spiro atoms. The van der Waals surface area contributed by atoms with E-state index in [0.29, 0.717) is 16.3 Å². The minimum Gasteiger partial charge on any atom is -0.312 e. The van der Waals surface area contributed by atoms with Crippen LogP contribution in [0.2, 0.25) is 0 Å². The van der Waals surface area contributed by atoms with Gasteiger partial charge in [0.25, 0.3) is 5.91 Å². The number of thiazole rings is 1. The summed E-state index contributed by atoms with van der Waals surface area (Å²) in [5, 5.41) is 18.4. The van der Waals surface area contributed by atoms with Crippen LogP contribution in [0.3, 0.4) is 0 Å². The van der Waals surface area contributed by atoms with Crippen LogP contribution in [0.5, 0.6) is 0 Å². The lowest BCUT2D eigenvalue weighted by atomic mass is 10.1. The molecule has 7 heteroatoms. The minimum atomic E-state index is -0.402. The second-order valence-electron chi connectivity index (χ2n) is 4.86. The molecule has 24 heavy (non-hydrogen) atoms. The Kier molecular flexibility index (Phi) is 4.46. The zero-order valence-electron chi connectivity index (χ0n) is 12.5. The van der Waals surface area contributed by atoms with Crippen molar-refractivity contribution in [2.75, 3.05) is 13.1 Å². The summed E-state index contributed by atoms with van der Waals surface area (Å²) in [6.45, 7) is -0.304. The van der Waals surface area contributed by atoms with Crippen molar-refractivity contribution in [2.24, 2.45) is 0 Å². The van der Waals surface area contributed by atoms with Crippen LogP contribution in [-0.2, 0) is 0 Å². The summed E-state index contributed by atoms with van der Waals surface area (Å²) < 4.78 is 1.00. The number of carbonyl (C=O) groups excluding carboxylic acids is 1. The van der Waals surface area contributed by atoms with Crippen LogP contribution < -0.4 is 0 Å². The molecule has 0 saturated carbocycles. The second kappa shape index (κ2) is 6.86. The molecule has 0 fully saturated rings. The van der Waals surface area contributed by atoms with Crippen molar-refractivity contribution < 1.29 is 4.79 Å². The van der Waals surface area contributed by atoms with Gasteiger partial charge in [0.1, 0.15) is 23.8 Å². The molecule has 0 bridgehead atoms. The highest BCUT2D eigenvalue weighted by Crippen LogP contribution is 2.31. The maximum atomic E-state index is 12.7. The first-order chi connectivity index (χ1) is 11.7. The Morgan fingerprint density at radius 2 is 1.88 bits per heavy atom. The number of fused-ring (bicyclic) bond motifs is 1. The van der Waals surface area contributed by atoms with Crippen LogP contribution in [-0.4, -0.2) is 33.9 Å². The standard InChI is InChI=1S/C17H11N5OS/c18-7-10-22(11-8-19)17(23)12-4-3-9-20-15(12)16-21-13-5-1-2-6-14(13)24-16/h1-6,9H,10-11H2. The van der Waals surface area contributed by atoms with E-state index in [2.05, 4.69) is 9.97 Å². The van der Waals surface area contributed by atoms with E-state index in [0.717, 1.165) is 10.2 Å². The largest absolute Gasteiger partial charge is 0.312 e. The van der Waals surface area contributed by atoms with Crippen LogP contribution in [0.15, 0.2) is 42.6 Å². The van der Waals surface area contributed by atoms with Gasteiger partial charge in [-0.3, -0.25) is 9.78 Å². The predicted molar refractivity (Wildman–Crippen MR) is 90.0 cm³/mol. The van der Waals surface area contributed by atoms with E-state index < -0.39 is 5.91 Å². The highest BCUT2D eigenvalue weighted by Gasteiger charge is 2.21. The number of hydrogen-bond donors (Lipinski definition) is 0. The van der Waals surface area contributed by atoms with Gasteiger partial charge in [0.15, 0.2) is 0 Å². The maximum absolute atomic E-state index is 12.7. The monoisotopic (exact) mass is 333 g/mol. The molecular weight excluding hydrogens is 322 g/mol. The normalized spacial score (nSPS) is 10.1. The third kappa shape index (κ3) is 2.94. The van der Waals surface area contributed by atoms with Crippen molar-refractivity contribution in [1.82, 2.24) is 14.9 Å². The van der Waals surface area contributed by atoms with E-state index in [-0.39, 0.29) is 13.1 Å². The number of carbonyl (C=O) groups is 1. The highest BCUT2D eigenvalue weighted by molar-refractivity contribution is 7.21. The molecule has 0 N–H and O–H groups in total. The first-order valence-electron chi connectivity index (χ1n) is 7.08. The first-order valence-corrected chi connectivity index (χ1v) is 7.90. The van der Waals surface area contributed by atoms with E-state index in [1.54, 1.807) is 18.3 Å². The van der Waals surface area contributed by atoms with E-state index >= 15 is 0 Å². The number of nitriles is 2. The molecule has 2 heterocycles. The molecule has 6 nitrogen and oxygen atoms in total. The fourth-order valence-corrected chi connectivity index (χ4v) is 3.24. The number of rotatable bonds is 4. The van der Waals surface area contributed by atoms with Gasteiger partial charge >= 0.3 is 0 Å². The molecule has 3 aromatic rings. The number of aromatic nitrogens is 2. The first kappa shape index (κ1) is 15.6. The van der Waals surface area contributed by atoms with Crippen LogP contribution in [0.25, 0.3) is 20.9 Å². The van der Waals surface area contributed by atoms with Crippen LogP contribution >= 0.6 is 11.3 Å². The summed E-state index contributed by atoms with van der Waals surface area (Å²) >= 11 is 1.45. The van der Waals surface area contributed by atoms with E-state index in [1.165, 1.54) is 16.2 Å². The molecule has 0 radical (unpaired) electrons. The van der Waals surface area contributed by atoms with Crippen molar-refractivity contribution in [3.63, 3.8) is 0 Å². The third-order valence-corrected chi connectivity index (χ3v) is 4.39. The molecule has 0 aliphatic carbocycles. The molecular formula is C17H11N5OS. The van der Waals surface area contributed by atoms with Crippen LogP contribution in [0, 0.1) is 22.7 Å². The number of amides is 1. The number of hydrogen-bond acceptors (Lipinski definition) is 6. The average Bonchev–Trinajstić information content (AvgIpc) is 3.05. The number of benzene rings is 1. The summed E-state index contributed by atoms with van der Waals surface area (Å²) in [6.07, 6.45) is 1.59. The lowest BCUT2D eigenvalue weighted by molar-refractivity contribution is 0.0795. The minimum absolute atomic E-state index is 0.152. The molecule has 2 aromatic heterocycles. The van der Waals surface area contributed by atoms with E-state index in [1.807, 2.05) is 36.4 Å². The van der Waals surface area contributed by atoms with Gasteiger partial charge in [0, 0.05) is 6.20 Å². The summed E-state index contributed by atoms with van der Waals surface area (Å²) in [7, 11) is 0. The molecule has 116 valence electrons. The van der Waals surface area contributed by atoms with Gasteiger partial charge in [-0.25, -0.2) is 4.98 Å².